The molecule has 1 heterocycles. The number of ether oxygens (including phenoxy) is 1. The molecule has 0 spiro atoms. The SMILES string of the molecule is O=[N+]([O-])c1ccc(S(=O)(=O)CC2CCO2)cc1. The van der Waals surface area contributed by atoms with E-state index in [0.29, 0.717) is 6.61 Å². The van der Waals surface area contributed by atoms with Gasteiger partial charge < -0.3 is 4.74 Å². The van der Waals surface area contributed by atoms with Gasteiger partial charge in [0, 0.05) is 18.7 Å². The maximum atomic E-state index is 11.9. The summed E-state index contributed by atoms with van der Waals surface area (Å²) in [6.45, 7) is 0.598. The van der Waals surface area contributed by atoms with Crippen LogP contribution in [0.3, 0.4) is 0 Å². The molecule has 1 atom stereocenters. The Bertz CT molecular complexity index is 518. The summed E-state index contributed by atoms with van der Waals surface area (Å²) in [4.78, 5) is 9.96. The van der Waals surface area contributed by atoms with Gasteiger partial charge in [0.15, 0.2) is 9.84 Å². The molecule has 0 aromatic heterocycles. The normalized spacial score (nSPS) is 19.6. The predicted molar refractivity (Wildman–Crippen MR) is 59.5 cm³/mol. The molecule has 0 saturated carbocycles. The average Bonchev–Trinajstić information content (AvgIpc) is 2.24. The molecule has 2 rings (SSSR count). The van der Waals surface area contributed by atoms with Crippen molar-refractivity contribution in [3.63, 3.8) is 0 Å². The fourth-order valence-corrected chi connectivity index (χ4v) is 3.03. The largest absolute Gasteiger partial charge is 0.377 e. The Hall–Kier alpha value is -1.47. The fraction of sp³-hybridized carbons (Fsp3) is 0.400. The number of benzene rings is 1. The quantitative estimate of drug-likeness (QED) is 0.596. The Labute approximate surface area is 98.3 Å². The molecule has 0 N–H and O–H groups in total. The molecule has 1 fully saturated rings. The summed E-state index contributed by atoms with van der Waals surface area (Å²) in [5.41, 5.74) is -0.121. The highest BCUT2D eigenvalue weighted by Gasteiger charge is 2.26. The smallest absolute Gasteiger partial charge is 0.269 e. The van der Waals surface area contributed by atoms with Gasteiger partial charge in [0.2, 0.25) is 0 Å². The molecule has 1 saturated heterocycles. The van der Waals surface area contributed by atoms with Gasteiger partial charge in [-0.3, -0.25) is 10.1 Å². The van der Waals surface area contributed by atoms with Crippen LogP contribution in [0.4, 0.5) is 5.69 Å². The maximum Gasteiger partial charge on any atom is 0.269 e. The number of rotatable bonds is 4. The molecule has 7 heteroatoms. The Morgan fingerprint density at radius 1 is 1.35 bits per heavy atom. The molecule has 0 bridgehead atoms. The molecule has 1 aromatic carbocycles. The van der Waals surface area contributed by atoms with Crippen LogP contribution in [0, 0.1) is 10.1 Å². The second kappa shape index (κ2) is 4.42. The number of hydrogen-bond donors (Lipinski definition) is 0. The molecule has 1 aliphatic rings. The van der Waals surface area contributed by atoms with Crippen molar-refractivity contribution in [3.8, 4) is 0 Å². The molecule has 6 nitrogen and oxygen atoms in total. The Kier molecular flexibility index (Phi) is 3.12. The molecular weight excluding hydrogens is 246 g/mol. The average molecular weight is 257 g/mol. The Morgan fingerprint density at radius 2 is 1.94 bits per heavy atom. The molecule has 17 heavy (non-hydrogen) atoms. The van der Waals surface area contributed by atoms with Gasteiger partial charge >= 0.3 is 0 Å². The van der Waals surface area contributed by atoms with E-state index in [2.05, 4.69) is 0 Å². The maximum absolute atomic E-state index is 11.9. The highest BCUT2D eigenvalue weighted by molar-refractivity contribution is 7.91. The van der Waals surface area contributed by atoms with Crippen LogP contribution in [-0.4, -0.2) is 31.8 Å². The van der Waals surface area contributed by atoms with Crippen molar-refractivity contribution in [1.82, 2.24) is 0 Å². The molecule has 0 aliphatic carbocycles. The van der Waals surface area contributed by atoms with Crippen molar-refractivity contribution < 1.29 is 18.1 Å². The third-order valence-corrected chi connectivity index (χ3v) is 4.41. The zero-order valence-electron chi connectivity index (χ0n) is 8.90. The van der Waals surface area contributed by atoms with Crippen molar-refractivity contribution >= 4 is 15.5 Å². The third-order valence-electron chi connectivity index (χ3n) is 2.61. The van der Waals surface area contributed by atoms with Crippen LogP contribution in [0.2, 0.25) is 0 Å². The number of nitrogens with zero attached hydrogens (tertiary/aromatic N) is 1. The number of hydrogen-bond acceptors (Lipinski definition) is 5. The third kappa shape index (κ3) is 2.62. The molecule has 1 unspecified atom stereocenters. The van der Waals surface area contributed by atoms with Crippen molar-refractivity contribution in [2.75, 3.05) is 12.4 Å². The lowest BCUT2D eigenvalue weighted by Gasteiger charge is -2.25. The Balaban J connectivity index is 2.17. The molecule has 0 radical (unpaired) electrons. The molecule has 1 aliphatic heterocycles. The lowest BCUT2D eigenvalue weighted by molar-refractivity contribution is -0.384. The van der Waals surface area contributed by atoms with Crippen LogP contribution >= 0.6 is 0 Å². The van der Waals surface area contributed by atoms with Crippen molar-refractivity contribution in [1.29, 1.82) is 0 Å². The summed E-state index contributed by atoms with van der Waals surface area (Å²) in [6.07, 6.45) is 0.502. The van der Waals surface area contributed by atoms with Gasteiger partial charge in [-0.15, -0.1) is 0 Å². The summed E-state index contributed by atoms with van der Waals surface area (Å²) in [5.74, 6) is -0.0647. The topological polar surface area (TPSA) is 86.5 Å². The van der Waals surface area contributed by atoms with E-state index in [4.69, 9.17) is 4.74 Å². The van der Waals surface area contributed by atoms with Crippen LogP contribution in [-0.2, 0) is 14.6 Å². The number of non-ortho nitro benzene ring substituents is 1. The highest BCUT2D eigenvalue weighted by atomic mass is 32.2. The van der Waals surface area contributed by atoms with Crippen LogP contribution in [0.15, 0.2) is 29.2 Å². The van der Waals surface area contributed by atoms with Gasteiger partial charge in [0.05, 0.1) is 21.7 Å². The van der Waals surface area contributed by atoms with E-state index in [9.17, 15) is 18.5 Å². The zero-order valence-corrected chi connectivity index (χ0v) is 9.72. The van der Waals surface area contributed by atoms with E-state index in [1.165, 1.54) is 24.3 Å². The van der Waals surface area contributed by atoms with Gasteiger partial charge in [0.1, 0.15) is 0 Å². The summed E-state index contributed by atoms with van der Waals surface area (Å²) < 4.78 is 28.8. The van der Waals surface area contributed by atoms with Crippen molar-refractivity contribution in [3.05, 3.63) is 34.4 Å². The monoisotopic (exact) mass is 257 g/mol. The standard InChI is InChI=1S/C10H11NO5S/c12-11(13)8-1-3-10(4-2-8)17(14,15)7-9-5-6-16-9/h1-4,9H,5-7H2. The lowest BCUT2D eigenvalue weighted by atomic mass is 10.2. The predicted octanol–water partition coefficient (Wildman–Crippen LogP) is 1.16. The summed E-state index contributed by atoms with van der Waals surface area (Å²) in [7, 11) is -3.41. The number of nitro benzene ring substituents is 1. The van der Waals surface area contributed by atoms with E-state index >= 15 is 0 Å². The van der Waals surface area contributed by atoms with E-state index < -0.39 is 14.8 Å². The second-order valence-electron chi connectivity index (χ2n) is 3.81. The minimum atomic E-state index is -3.41. The van der Waals surface area contributed by atoms with Crippen molar-refractivity contribution in [2.24, 2.45) is 0 Å². The highest BCUT2D eigenvalue weighted by Crippen LogP contribution is 2.21. The van der Waals surface area contributed by atoms with Crippen LogP contribution in [0.1, 0.15) is 6.42 Å². The zero-order chi connectivity index (χ0) is 12.5. The van der Waals surface area contributed by atoms with Gasteiger partial charge in [-0.1, -0.05) is 0 Å². The molecule has 1 aromatic rings. The van der Waals surface area contributed by atoms with Crippen LogP contribution < -0.4 is 0 Å². The summed E-state index contributed by atoms with van der Waals surface area (Å²) in [5, 5.41) is 10.4. The minimum Gasteiger partial charge on any atom is -0.377 e. The molecule has 92 valence electrons. The fourth-order valence-electron chi connectivity index (χ4n) is 1.53. The van der Waals surface area contributed by atoms with Crippen LogP contribution in [0.25, 0.3) is 0 Å². The van der Waals surface area contributed by atoms with Gasteiger partial charge in [-0.2, -0.15) is 0 Å². The van der Waals surface area contributed by atoms with E-state index in [1.54, 1.807) is 0 Å². The van der Waals surface area contributed by atoms with E-state index in [0.717, 1.165) is 6.42 Å². The summed E-state index contributed by atoms with van der Waals surface area (Å²) >= 11 is 0. The van der Waals surface area contributed by atoms with Crippen LogP contribution in [0.5, 0.6) is 0 Å². The first kappa shape index (κ1) is 12.0. The van der Waals surface area contributed by atoms with E-state index in [-0.39, 0.29) is 22.4 Å². The Morgan fingerprint density at radius 3 is 2.35 bits per heavy atom. The first-order valence-electron chi connectivity index (χ1n) is 5.08. The number of nitro groups is 1. The molecular formula is C10H11NO5S. The van der Waals surface area contributed by atoms with E-state index in [1.807, 2.05) is 0 Å². The number of sulfone groups is 1. The van der Waals surface area contributed by atoms with Gasteiger partial charge in [0.25, 0.3) is 5.69 Å². The minimum absolute atomic E-state index is 0.0647. The lowest BCUT2D eigenvalue weighted by Crippen LogP contribution is -2.33. The van der Waals surface area contributed by atoms with Gasteiger partial charge in [-0.05, 0) is 18.6 Å². The second-order valence-corrected chi connectivity index (χ2v) is 5.85. The van der Waals surface area contributed by atoms with Gasteiger partial charge in [-0.25, -0.2) is 8.42 Å². The van der Waals surface area contributed by atoms with Crippen molar-refractivity contribution in [2.45, 2.75) is 17.4 Å². The summed E-state index contributed by atoms with van der Waals surface area (Å²) in [6, 6.07) is 4.89. The first-order chi connectivity index (χ1) is 7.99. The molecule has 0 amide bonds. The first-order valence-corrected chi connectivity index (χ1v) is 6.73.